The zero-order valence-corrected chi connectivity index (χ0v) is 9.76. The Balaban J connectivity index is 2.25. The van der Waals surface area contributed by atoms with Crippen LogP contribution in [0.5, 0.6) is 0 Å². The van der Waals surface area contributed by atoms with Gasteiger partial charge < -0.3 is 9.57 Å². The molecule has 0 aliphatic carbocycles. The Morgan fingerprint density at radius 1 is 1.29 bits per heavy atom. The molecule has 0 N–H and O–H groups in total. The Hall–Kier alpha value is -1.76. The number of hydrogen-bond donors (Lipinski definition) is 1. The SMILES string of the molecule is O=C(OCCCO[N+](=O)[O-])c1ccc(S)cc1. The van der Waals surface area contributed by atoms with Crippen molar-refractivity contribution in [1.82, 2.24) is 0 Å². The van der Waals surface area contributed by atoms with Gasteiger partial charge in [-0.1, -0.05) is 0 Å². The Kier molecular flexibility index (Phi) is 5.28. The van der Waals surface area contributed by atoms with Gasteiger partial charge in [-0.05, 0) is 24.3 Å². The van der Waals surface area contributed by atoms with Crippen LogP contribution in [0.4, 0.5) is 0 Å². The third kappa shape index (κ3) is 5.21. The predicted octanol–water partition coefficient (Wildman–Crippen LogP) is 1.73. The molecule has 7 heteroatoms. The minimum Gasteiger partial charge on any atom is -0.462 e. The summed E-state index contributed by atoms with van der Waals surface area (Å²) in [4.78, 5) is 26.1. The van der Waals surface area contributed by atoms with Crippen LogP contribution in [-0.2, 0) is 9.57 Å². The zero-order chi connectivity index (χ0) is 12.7. The second-order valence-electron chi connectivity index (χ2n) is 3.09. The topological polar surface area (TPSA) is 78.7 Å². The van der Waals surface area contributed by atoms with E-state index >= 15 is 0 Å². The Labute approximate surface area is 103 Å². The minimum atomic E-state index is -0.882. The van der Waals surface area contributed by atoms with Gasteiger partial charge in [0.1, 0.15) is 0 Å². The lowest BCUT2D eigenvalue weighted by atomic mass is 10.2. The summed E-state index contributed by atoms with van der Waals surface area (Å²) in [6, 6.07) is 6.54. The van der Waals surface area contributed by atoms with Crippen LogP contribution in [-0.4, -0.2) is 24.3 Å². The fraction of sp³-hybridized carbons (Fsp3) is 0.300. The molecular weight excluding hydrogens is 246 g/mol. The largest absolute Gasteiger partial charge is 0.462 e. The van der Waals surface area contributed by atoms with Gasteiger partial charge in [0.05, 0.1) is 18.8 Å². The Morgan fingerprint density at radius 3 is 2.53 bits per heavy atom. The second kappa shape index (κ2) is 6.74. The molecule has 0 radical (unpaired) electrons. The average Bonchev–Trinajstić information content (AvgIpc) is 2.29. The third-order valence-corrected chi connectivity index (χ3v) is 2.12. The quantitative estimate of drug-likeness (QED) is 0.276. The summed E-state index contributed by atoms with van der Waals surface area (Å²) < 4.78 is 4.88. The first kappa shape index (κ1) is 13.3. The normalized spacial score (nSPS) is 9.71. The van der Waals surface area contributed by atoms with Crippen LogP contribution >= 0.6 is 12.6 Å². The first-order valence-electron chi connectivity index (χ1n) is 4.83. The molecule has 1 aromatic carbocycles. The van der Waals surface area contributed by atoms with Gasteiger partial charge in [-0.25, -0.2) is 4.79 Å². The van der Waals surface area contributed by atoms with Gasteiger partial charge in [-0.3, -0.25) is 0 Å². The van der Waals surface area contributed by atoms with Crippen LogP contribution in [0.25, 0.3) is 0 Å². The summed E-state index contributed by atoms with van der Waals surface area (Å²) in [5.41, 5.74) is 0.415. The summed E-state index contributed by atoms with van der Waals surface area (Å²) in [5.74, 6) is -0.473. The lowest BCUT2D eigenvalue weighted by molar-refractivity contribution is -0.757. The van der Waals surface area contributed by atoms with E-state index in [0.717, 1.165) is 4.90 Å². The van der Waals surface area contributed by atoms with Crippen molar-refractivity contribution in [2.75, 3.05) is 13.2 Å². The van der Waals surface area contributed by atoms with Gasteiger partial charge in [-0.2, -0.15) is 0 Å². The first-order chi connectivity index (χ1) is 8.09. The van der Waals surface area contributed by atoms with Crippen LogP contribution in [0.15, 0.2) is 29.2 Å². The van der Waals surface area contributed by atoms with E-state index in [1.165, 1.54) is 0 Å². The Morgan fingerprint density at radius 2 is 1.94 bits per heavy atom. The maximum Gasteiger partial charge on any atom is 0.338 e. The van der Waals surface area contributed by atoms with Gasteiger partial charge in [0, 0.05) is 11.3 Å². The molecule has 17 heavy (non-hydrogen) atoms. The van der Waals surface area contributed by atoms with E-state index in [2.05, 4.69) is 17.5 Å². The van der Waals surface area contributed by atoms with E-state index in [4.69, 9.17) is 4.74 Å². The van der Waals surface area contributed by atoms with Crippen LogP contribution in [0.1, 0.15) is 16.8 Å². The highest BCUT2D eigenvalue weighted by atomic mass is 32.1. The molecule has 0 amide bonds. The van der Waals surface area contributed by atoms with E-state index in [1.807, 2.05) is 0 Å². The molecular formula is C10H11NO5S. The van der Waals surface area contributed by atoms with Gasteiger partial charge >= 0.3 is 5.97 Å². The molecule has 0 saturated heterocycles. The number of hydrogen-bond acceptors (Lipinski definition) is 6. The third-order valence-electron chi connectivity index (χ3n) is 1.82. The molecule has 1 aromatic rings. The summed E-state index contributed by atoms with van der Waals surface area (Å²) in [7, 11) is 0. The van der Waals surface area contributed by atoms with Gasteiger partial charge in [0.25, 0.3) is 5.09 Å². The molecule has 0 saturated carbocycles. The number of ether oxygens (including phenoxy) is 1. The molecule has 0 bridgehead atoms. The average molecular weight is 257 g/mol. The number of thiol groups is 1. The molecule has 0 fully saturated rings. The van der Waals surface area contributed by atoms with Gasteiger partial charge in [0.15, 0.2) is 0 Å². The van der Waals surface area contributed by atoms with Crippen LogP contribution in [0.3, 0.4) is 0 Å². The molecule has 92 valence electrons. The van der Waals surface area contributed by atoms with E-state index in [9.17, 15) is 14.9 Å². The van der Waals surface area contributed by atoms with Crippen LogP contribution in [0.2, 0.25) is 0 Å². The van der Waals surface area contributed by atoms with Crippen molar-refractivity contribution in [1.29, 1.82) is 0 Å². The standard InChI is InChI=1S/C10H11NO5S/c12-10(8-2-4-9(17)5-3-8)15-6-1-7-16-11(13)14/h2-5,17H,1,6-7H2. The predicted molar refractivity (Wildman–Crippen MR) is 61.5 cm³/mol. The van der Waals surface area contributed by atoms with Gasteiger partial charge in [-0.15, -0.1) is 22.7 Å². The van der Waals surface area contributed by atoms with E-state index in [1.54, 1.807) is 24.3 Å². The highest BCUT2D eigenvalue weighted by Gasteiger charge is 2.06. The van der Waals surface area contributed by atoms with Gasteiger partial charge in [0.2, 0.25) is 0 Å². The summed E-state index contributed by atoms with van der Waals surface area (Å²) >= 11 is 4.09. The second-order valence-corrected chi connectivity index (χ2v) is 3.61. The fourth-order valence-electron chi connectivity index (χ4n) is 1.04. The van der Waals surface area contributed by atoms with E-state index < -0.39 is 11.1 Å². The monoisotopic (exact) mass is 257 g/mol. The fourth-order valence-corrected chi connectivity index (χ4v) is 1.19. The summed E-state index contributed by atoms with van der Waals surface area (Å²) in [5, 5.41) is 8.94. The highest BCUT2D eigenvalue weighted by Crippen LogP contribution is 2.08. The number of esters is 1. The summed E-state index contributed by atoms with van der Waals surface area (Å²) in [6.07, 6.45) is 0.275. The molecule has 0 atom stereocenters. The van der Waals surface area contributed by atoms with Crippen LogP contribution < -0.4 is 0 Å². The lowest BCUT2D eigenvalue weighted by Crippen LogP contribution is -2.09. The van der Waals surface area contributed by atoms with Crippen LogP contribution in [0, 0.1) is 10.1 Å². The van der Waals surface area contributed by atoms with Crippen molar-refractivity contribution in [2.45, 2.75) is 11.3 Å². The number of rotatable bonds is 6. The molecule has 1 rings (SSSR count). The number of carbonyl (C=O) groups is 1. The highest BCUT2D eigenvalue weighted by molar-refractivity contribution is 7.80. The maximum absolute atomic E-state index is 11.4. The molecule has 0 spiro atoms. The van der Waals surface area contributed by atoms with E-state index in [-0.39, 0.29) is 19.6 Å². The first-order valence-corrected chi connectivity index (χ1v) is 5.28. The number of benzene rings is 1. The molecule has 0 heterocycles. The number of nitrogens with zero attached hydrogens (tertiary/aromatic N) is 1. The molecule has 0 aliphatic rings. The zero-order valence-electron chi connectivity index (χ0n) is 8.87. The van der Waals surface area contributed by atoms with Crippen molar-refractivity contribution in [2.24, 2.45) is 0 Å². The molecule has 0 aromatic heterocycles. The van der Waals surface area contributed by atoms with Crippen molar-refractivity contribution in [3.05, 3.63) is 39.9 Å². The van der Waals surface area contributed by atoms with Crippen molar-refractivity contribution >= 4 is 18.6 Å². The Bertz CT molecular complexity index is 392. The number of carbonyl (C=O) groups excluding carboxylic acids is 1. The van der Waals surface area contributed by atoms with Crippen molar-refractivity contribution in [3.8, 4) is 0 Å². The summed E-state index contributed by atoms with van der Waals surface area (Å²) in [6.45, 7) is -0.00877. The minimum absolute atomic E-state index is 0.0787. The molecule has 6 nitrogen and oxygen atoms in total. The lowest BCUT2D eigenvalue weighted by Gasteiger charge is -2.04. The van der Waals surface area contributed by atoms with E-state index in [0.29, 0.717) is 5.56 Å². The molecule has 0 aliphatic heterocycles. The molecule has 0 unspecified atom stereocenters. The smallest absolute Gasteiger partial charge is 0.338 e. The maximum atomic E-state index is 11.4. The van der Waals surface area contributed by atoms with Crippen molar-refractivity contribution < 1.29 is 19.5 Å². The van der Waals surface area contributed by atoms with Crippen molar-refractivity contribution in [3.63, 3.8) is 0 Å².